The second-order valence-electron chi connectivity index (χ2n) is 4.62. The molecule has 3 rings (SSSR count). The first kappa shape index (κ1) is 12.9. The second kappa shape index (κ2) is 5.51. The Morgan fingerprint density at radius 1 is 0.950 bits per heavy atom. The quantitative estimate of drug-likeness (QED) is 0.693. The van der Waals surface area contributed by atoms with E-state index in [1.54, 1.807) is 6.07 Å². The number of hydrogen-bond donors (Lipinski definition) is 1. The number of anilines is 1. The highest BCUT2D eigenvalue weighted by molar-refractivity contribution is 6.33. The van der Waals surface area contributed by atoms with E-state index in [1.165, 1.54) is 28.5 Å². The third-order valence-electron chi connectivity index (χ3n) is 3.28. The summed E-state index contributed by atoms with van der Waals surface area (Å²) in [7, 11) is 0. The van der Waals surface area contributed by atoms with Crippen molar-refractivity contribution in [2.45, 2.75) is 6.54 Å². The normalized spacial score (nSPS) is 10.7. The van der Waals surface area contributed by atoms with Gasteiger partial charge in [-0.25, -0.2) is 4.39 Å². The van der Waals surface area contributed by atoms with Crippen LogP contribution in [0.3, 0.4) is 0 Å². The number of fused-ring (bicyclic) bond motifs is 1. The van der Waals surface area contributed by atoms with Gasteiger partial charge in [0.25, 0.3) is 0 Å². The molecule has 0 aliphatic heterocycles. The van der Waals surface area contributed by atoms with E-state index in [2.05, 4.69) is 29.6 Å². The van der Waals surface area contributed by atoms with Gasteiger partial charge in [0.2, 0.25) is 0 Å². The summed E-state index contributed by atoms with van der Waals surface area (Å²) >= 11 is 6.01. The average Bonchev–Trinajstić information content (AvgIpc) is 2.46. The van der Waals surface area contributed by atoms with Crippen molar-refractivity contribution in [3.63, 3.8) is 0 Å². The fraction of sp³-hybridized carbons (Fsp3) is 0.0588. The van der Waals surface area contributed by atoms with E-state index in [4.69, 9.17) is 11.6 Å². The molecule has 0 aliphatic rings. The highest BCUT2D eigenvalue weighted by Crippen LogP contribution is 2.24. The SMILES string of the molecule is Fc1ccc(NCc2cccc3ccccc23)c(Cl)c1. The van der Waals surface area contributed by atoms with Gasteiger partial charge in [0, 0.05) is 6.54 Å². The van der Waals surface area contributed by atoms with Gasteiger partial charge < -0.3 is 5.32 Å². The van der Waals surface area contributed by atoms with Crippen molar-refractivity contribution in [3.05, 3.63) is 77.1 Å². The van der Waals surface area contributed by atoms with Crippen LogP contribution in [0.25, 0.3) is 10.8 Å². The van der Waals surface area contributed by atoms with Crippen LogP contribution >= 0.6 is 11.6 Å². The Kier molecular flexibility index (Phi) is 3.57. The Balaban J connectivity index is 1.87. The Bertz CT molecular complexity index is 750. The molecule has 100 valence electrons. The molecule has 0 fully saturated rings. The molecule has 20 heavy (non-hydrogen) atoms. The lowest BCUT2D eigenvalue weighted by Crippen LogP contribution is -2.00. The predicted octanol–water partition coefficient (Wildman–Crippen LogP) is 5.24. The van der Waals surface area contributed by atoms with Gasteiger partial charge in [-0.1, -0.05) is 54.1 Å². The molecule has 0 amide bonds. The largest absolute Gasteiger partial charge is 0.380 e. The molecular weight excluding hydrogens is 273 g/mol. The summed E-state index contributed by atoms with van der Waals surface area (Å²) < 4.78 is 13.0. The summed E-state index contributed by atoms with van der Waals surface area (Å²) in [4.78, 5) is 0. The molecule has 3 aromatic carbocycles. The maximum absolute atomic E-state index is 13.0. The van der Waals surface area contributed by atoms with Crippen LogP contribution in [0.4, 0.5) is 10.1 Å². The van der Waals surface area contributed by atoms with Crippen molar-refractivity contribution in [2.24, 2.45) is 0 Å². The van der Waals surface area contributed by atoms with Gasteiger partial charge in [-0.3, -0.25) is 0 Å². The van der Waals surface area contributed by atoms with E-state index in [0.29, 0.717) is 11.6 Å². The first-order chi connectivity index (χ1) is 9.74. The van der Waals surface area contributed by atoms with Crippen molar-refractivity contribution in [1.29, 1.82) is 0 Å². The summed E-state index contributed by atoms with van der Waals surface area (Å²) in [5.74, 6) is -0.328. The molecule has 0 saturated carbocycles. The fourth-order valence-corrected chi connectivity index (χ4v) is 2.50. The molecule has 0 spiro atoms. The lowest BCUT2D eigenvalue weighted by Gasteiger charge is -2.10. The van der Waals surface area contributed by atoms with Crippen LogP contribution < -0.4 is 5.32 Å². The number of nitrogens with one attached hydrogen (secondary N) is 1. The maximum atomic E-state index is 13.0. The minimum atomic E-state index is -0.328. The number of halogens is 2. The van der Waals surface area contributed by atoms with Crippen LogP contribution in [0, 0.1) is 5.82 Å². The van der Waals surface area contributed by atoms with Gasteiger partial charge in [-0.15, -0.1) is 0 Å². The van der Waals surface area contributed by atoms with E-state index in [1.807, 2.05) is 18.2 Å². The lowest BCUT2D eigenvalue weighted by atomic mass is 10.0. The van der Waals surface area contributed by atoms with Gasteiger partial charge in [0.1, 0.15) is 5.82 Å². The molecule has 1 nitrogen and oxygen atoms in total. The zero-order chi connectivity index (χ0) is 13.9. The van der Waals surface area contributed by atoms with Crippen LogP contribution in [-0.4, -0.2) is 0 Å². The molecule has 0 unspecified atom stereocenters. The van der Waals surface area contributed by atoms with Gasteiger partial charge in [0.15, 0.2) is 0 Å². The third-order valence-corrected chi connectivity index (χ3v) is 3.59. The molecule has 0 radical (unpaired) electrons. The molecule has 0 atom stereocenters. The van der Waals surface area contributed by atoms with Crippen LogP contribution in [0.15, 0.2) is 60.7 Å². The monoisotopic (exact) mass is 285 g/mol. The molecule has 0 heterocycles. The molecule has 0 aromatic heterocycles. The van der Waals surface area contributed by atoms with Crippen LogP contribution in [0.2, 0.25) is 5.02 Å². The average molecular weight is 286 g/mol. The van der Waals surface area contributed by atoms with Crippen LogP contribution in [0.1, 0.15) is 5.56 Å². The Labute approximate surface area is 122 Å². The van der Waals surface area contributed by atoms with Gasteiger partial charge >= 0.3 is 0 Å². The summed E-state index contributed by atoms with van der Waals surface area (Å²) in [5, 5.41) is 6.06. The van der Waals surface area contributed by atoms with Crippen LogP contribution in [-0.2, 0) is 6.54 Å². The van der Waals surface area contributed by atoms with Gasteiger partial charge in [0.05, 0.1) is 10.7 Å². The Morgan fingerprint density at radius 3 is 2.60 bits per heavy atom. The zero-order valence-corrected chi connectivity index (χ0v) is 11.5. The second-order valence-corrected chi connectivity index (χ2v) is 5.02. The van der Waals surface area contributed by atoms with E-state index in [0.717, 1.165) is 5.69 Å². The topological polar surface area (TPSA) is 12.0 Å². The fourth-order valence-electron chi connectivity index (χ4n) is 2.27. The number of benzene rings is 3. The van der Waals surface area contributed by atoms with Crippen molar-refractivity contribution in [3.8, 4) is 0 Å². The standard InChI is InChI=1S/C17H13ClFN/c18-16-10-14(19)8-9-17(16)20-11-13-6-3-5-12-4-1-2-7-15(12)13/h1-10,20H,11H2. The predicted molar refractivity (Wildman–Crippen MR) is 82.7 cm³/mol. The highest BCUT2D eigenvalue weighted by Gasteiger charge is 2.03. The first-order valence-corrected chi connectivity index (χ1v) is 6.77. The summed E-state index contributed by atoms with van der Waals surface area (Å²) in [6, 6.07) is 18.8. The maximum Gasteiger partial charge on any atom is 0.124 e. The highest BCUT2D eigenvalue weighted by atomic mass is 35.5. The minimum absolute atomic E-state index is 0.328. The van der Waals surface area contributed by atoms with Crippen molar-refractivity contribution < 1.29 is 4.39 Å². The molecule has 3 aromatic rings. The molecule has 1 N–H and O–H groups in total. The van der Waals surface area contributed by atoms with Crippen LogP contribution in [0.5, 0.6) is 0 Å². The minimum Gasteiger partial charge on any atom is -0.380 e. The van der Waals surface area contributed by atoms with E-state index in [9.17, 15) is 4.39 Å². The summed E-state index contributed by atoms with van der Waals surface area (Å²) in [6.45, 7) is 0.646. The summed E-state index contributed by atoms with van der Waals surface area (Å²) in [5.41, 5.74) is 1.92. The third kappa shape index (κ3) is 2.61. The molecule has 0 saturated heterocycles. The molecule has 0 bridgehead atoms. The number of hydrogen-bond acceptors (Lipinski definition) is 1. The molecular formula is C17H13ClFN. The summed E-state index contributed by atoms with van der Waals surface area (Å²) in [6.07, 6.45) is 0. The van der Waals surface area contributed by atoms with E-state index in [-0.39, 0.29) is 5.82 Å². The zero-order valence-electron chi connectivity index (χ0n) is 10.7. The van der Waals surface area contributed by atoms with Crippen molar-refractivity contribution >= 4 is 28.1 Å². The molecule has 3 heteroatoms. The Hall–Kier alpha value is -2.06. The van der Waals surface area contributed by atoms with E-state index < -0.39 is 0 Å². The smallest absolute Gasteiger partial charge is 0.124 e. The van der Waals surface area contributed by atoms with E-state index >= 15 is 0 Å². The first-order valence-electron chi connectivity index (χ1n) is 6.39. The van der Waals surface area contributed by atoms with Gasteiger partial charge in [-0.05, 0) is 34.5 Å². The lowest BCUT2D eigenvalue weighted by molar-refractivity contribution is 0.628. The molecule has 0 aliphatic carbocycles. The Morgan fingerprint density at radius 2 is 1.75 bits per heavy atom. The van der Waals surface area contributed by atoms with Gasteiger partial charge in [-0.2, -0.15) is 0 Å². The van der Waals surface area contributed by atoms with Crippen molar-refractivity contribution in [2.75, 3.05) is 5.32 Å². The van der Waals surface area contributed by atoms with Crippen molar-refractivity contribution in [1.82, 2.24) is 0 Å². The number of rotatable bonds is 3.